The first-order valence-corrected chi connectivity index (χ1v) is 6.77. The second-order valence-electron chi connectivity index (χ2n) is 5.60. The summed E-state index contributed by atoms with van der Waals surface area (Å²) in [6.07, 6.45) is 0.366. The average Bonchev–Trinajstić information content (AvgIpc) is 2.34. The molecular weight excluding hydrogens is 278 g/mol. The molecule has 0 saturated heterocycles. The third-order valence-electron chi connectivity index (χ3n) is 2.70. The number of benzene rings is 1. The lowest BCUT2D eigenvalue weighted by Gasteiger charge is -2.28. The Morgan fingerprint density at radius 2 is 1.80 bits per heavy atom. The average molecular weight is 298 g/mol. The summed E-state index contributed by atoms with van der Waals surface area (Å²) in [5, 5.41) is -0.684. The summed E-state index contributed by atoms with van der Waals surface area (Å²) >= 11 is 5.48. The van der Waals surface area contributed by atoms with Gasteiger partial charge in [0.1, 0.15) is 11.6 Å². The highest BCUT2D eigenvalue weighted by Gasteiger charge is 2.30. The minimum atomic E-state index is -0.735. The molecule has 1 aromatic carbocycles. The molecule has 0 bridgehead atoms. The van der Waals surface area contributed by atoms with E-state index in [0.29, 0.717) is 6.42 Å². The number of carbonyl (C=O) groups excluding carboxylic acids is 2. The van der Waals surface area contributed by atoms with E-state index in [2.05, 4.69) is 0 Å². The Bertz CT molecular complexity index is 468. The molecule has 0 spiro atoms. The van der Waals surface area contributed by atoms with Gasteiger partial charge in [0.25, 0.3) is 0 Å². The Morgan fingerprint density at radius 3 is 2.25 bits per heavy atom. The van der Waals surface area contributed by atoms with E-state index in [1.807, 2.05) is 30.3 Å². The predicted octanol–water partition coefficient (Wildman–Crippen LogP) is 3.23. The van der Waals surface area contributed by atoms with Crippen molar-refractivity contribution >= 4 is 22.9 Å². The zero-order valence-electron chi connectivity index (χ0n) is 12.2. The van der Waals surface area contributed by atoms with E-state index in [-0.39, 0.29) is 0 Å². The zero-order valence-corrected chi connectivity index (χ0v) is 13.0. The van der Waals surface area contributed by atoms with Crippen LogP contribution in [0.1, 0.15) is 26.3 Å². The van der Waals surface area contributed by atoms with Gasteiger partial charge in [-0.05, 0) is 37.9 Å². The van der Waals surface area contributed by atoms with Crippen LogP contribution in [-0.2, 0) is 16.0 Å². The molecule has 0 aromatic heterocycles. The van der Waals surface area contributed by atoms with Crippen LogP contribution in [0.5, 0.6) is 0 Å². The molecule has 20 heavy (non-hydrogen) atoms. The second kappa shape index (κ2) is 6.75. The van der Waals surface area contributed by atoms with Crippen LogP contribution in [0.15, 0.2) is 30.3 Å². The molecule has 0 heterocycles. The third kappa shape index (κ3) is 5.21. The van der Waals surface area contributed by atoms with Gasteiger partial charge in [-0.1, -0.05) is 30.3 Å². The van der Waals surface area contributed by atoms with Gasteiger partial charge < -0.3 is 9.64 Å². The lowest BCUT2D eigenvalue weighted by atomic mass is 10.0. The molecule has 0 N–H and O–H groups in total. The van der Waals surface area contributed by atoms with Crippen molar-refractivity contribution in [3.05, 3.63) is 35.9 Å². The van der Waals surface area contributed by atoms with E-state index in [1.165, 1.54) is 11.9 Å². The van der Waals surface area contributed by atoms with Gasteiger partial charge in [-0.15, -0.1) is 0 Å². The van der Waals surface area contributed by atoms with Crippen LogP contribution < -0.4 is 0 Å². The van der Waals surface area contributed by atoms with E-state index in [0.717, 1.165) is 5.56 Å². The summed E-state index contributed by atoms with van der Waals surface area (Å²) in [6.45, 7) is 5.35. The van der Waals surface area contributed by atoms with Gasteiger partial charge in [0, 0.05) is 13.5 Å². The minimum absolute atomic E-state index is 0.366. The summed E-state index contributed by atoms with van der Waals surface area (Å²) in [7, 11) is 1.49. The third-order valence-corrected chi connectivity index (χ3v) is 2.96. The lowest BCUT2D eigenvalue weighted by molar-refractivity contribution is -0.159. The van der Waals surface area contributed by atoms with Gasteiger partial charge in [0.15, 0.2) is 0 Å². The summed E-state index contributed by atoms with van der Waals surface area (Å²) in [5.41, 5.74) is 0.329. The van der Waals surface area contributed by atoms with E-state index < -0.39 is 23.0 Å². The van der Waals surface area contributed by atoms with Crippen molar-refractivity contribution in [1.82, 2.24) is 4.90 Å². The summed E-state index contributed by atoms with van der Waals surface area (Å²) in [6, 6.07) is 8.70. The molecule has 0 radical (unpaired) electrons. The minimum Gasteiger partial charge on any atom is -0.458 e. The first kappa shape index (κ1) is 16.5. The van der Waals surface area contributed by atoms with Crippen LogP contribution >= 0.6 is 11.6 Å². The van der Waals surface area contributed by atoms with Gasteiger partial charge in [0.05, 0.1) is 0 Å². The number of halogens is 1. The Morgan fingerprint density at radius 1 is 1.25 bits per heavy atom. The van der Waals surface area contributed by atoms with Crippen LogP contribution in [-0.4, -0.2) is 34.9 Å². The molecule has 1 rings (SSSR count). The normalized spacial score (nSPS) is 12.7. The molecular formula is C15H20ClNO3. The van der Waals surface area contributed by atoms with E-state index in [4.69, 9.17) is 16.3 Å². The van der Waals surface area contributed by atoms with Crippen molar-refractivity contribution in [3.8, 4) is 0 Å². The Balaban J connectivity index is 2.91. The number of hydrogen-bond acceptors (Lipinski definition) is 3. The van der Waals surface area contributed by atoms with Gasteiger partial charge in [0.2, 0.25) is 0 Å². The Labute approximate surface area is 124 Å². The van der Waals surface area contributed by atoms with Gasteiger partial charge in [-0.25, -0.2) is 4.79 Å². The fourth-order valence-corrected chi connectivity index (χ4v) is 1.83. The molecule has 1 atom stereocenters. The van der Waals surface area contributed by atoms with Crippen molar-refractivity contribution in [2.75, 3.05) is 7.05 Å². The SMILES string of the molecule is CN(C(=O)Cl)[C@@H](Cc1ccccc1)C(=O)OC(C)(C)C. The number of carbonyl (C=O) groups is 2. The maximum absolute atomic E-state index is 12.2. The quantitative estimate of drug-likeness (QED) is 0.487. The highest BCUT2D eigenvalue weighted by atomic mass is 35.5. The molecule has 5 heteroatoms. The second-order valence-corrected chi connectivity index (χ2v) is 5.93. The number of amides is 1. The fourth-order valence-electron chi connectivity index (χ4n) is 1.71. The van der Waals surface area contributed by atoms with E-state index >= 15 is 0 Å². The maximum Gasteiger partial charge on any atom is 0.329 e. The summed E-state index contributed by atoms with van der Waals surface area (Å²) in [5.74, 6) is -0.460. The lowest BCUT2D eigenvalue weighted by Crippen LogP contribution is -2.44. The molecule has 0 fully saturated rings. The van der Waals surface area contributed by atoms with Crippen LogP contribution in [0.25, 0.3) is 0 Å². The monoisotopic (exact) mass is 297 g/mol. The molecule has 4 nitrogen and oxygen atoms in total. The van der Waals surface area contributed by atoms with E-state index in [9.17, 15) is 9.59 Å². The fraction of sp³-hybridized carbons (Fsp3) is 0.467. The molecule has 0 aliphatic rings. The van der Waals surface area contributed by atoms with Crippen molar-refractivity contribution in [2.24, 2.45) is 0 Å². The van der Waals surface area contributed by atoms with Crippen LogP contribution in [0.3, 0.4) is 0 Å². The zero-order chi connectivity index (χ0) is 15.3. The Kier molecular flexibility index (Phi) is 5.57. The maximum atomic E-state index is 12.2. The van der Waals surface area contributed by atoms with Crippen molar-refractivity contribution in [1.29, 1.82) is 0 Å². The number of likely N-dealkylation sites (N-methyl/N-ethyl adjacent to an activating group) is 1. The molecule has 0 saturated carbocycles. The smallest absolute Gasteiger partial charge is 0.329 e. The van der Waals surface area contributed by atoms with Crippen molar-refractivity contribution in [2.45, 2.75) is 38.8 Å². The van der Waals surface area contributed by atoms with Crippen LogP contribution in [0.4, 0.5) is 4.79 Å². The largest absolute Gasteiger partial charge is 0.458 e. The summed E-state index contributed by atoms with van der Waals surface area (Å²) < 4.78 is 5.35. The van der Waals surface area contributed by atoms with Gasteiger partial charge >= 0.3 is 11.3 Å². The number of esters is 1. The standard InChI is InChI=1S/C15H20ClNO3/c1-15(2,3)20-13(18)12(17(4)14(16)19)10-11-8-6-5-7-9-11/h5-9,12H,10H2,1-4H3/t12-/m0/s1. The first-order chi connectivity index (χ1) is 9.20. The van der Waals surface area contributed by atoms with Gasteiger partial charge in [-0.3, -0.25) is 4.79 Å². The Hall–Kier alpha value is -1.55. The van der Waals surface area contributed by atoms with Gasteiger partial charge in [-0.2, -0.15) is 0 Å². The molecule has 0 aliphatic heterocycles. The molecule has 1 amide bonds. The number of rotatable bonds is 4. The number of nitrogens with zero attached hydrogens (tertiary/aromatic N) is 1. The van der Waals surface area contributed by atoms with Crippen molar-refractivity contribution in [3.63, 3.8) is 0 Å². The van der Waals surface area contributed by atoms with Crippen LogP contribution in [0.2, 0.25) is 0 Å². The predicted molar refractivity (Wildman–Crippen MR) is 78.8 cm³/mol. The molecule has 0 unspecified atom stereocenters. The van der Waals surface area contributed by atoms with E-state index in [1.54, 1.807) is 20.8 Å². The number of ether oxygens (including phenoxy) is 1. The molecule has 1 aromatic rings. The van der Waals surface area contributed by atoms with Crippen LogP contribution in [0, 0.1) is 0 Å². The summed E-state index contributed by atoms with van der Waals surface area (Å²) in [4.78, 5) is 24.8. The highest BCUT2D eigenvalue weighted by molar-refractivity contribution is 6.62. The number of hydrogen-bond donors (Lipinski definition) is 0. The highest BCUT2D eigenvalue weighted by Crippen LogP contribution is 2.15. The molecule has 110 valence electrons. The topological polar surface area (TPSA) is 46.6 Å². The first-order valence-electron chi connectivity index (χ1n) is 6.40. The molecule has 0 aliphatic carbocycles. The van der Waals surface area contributed by atoms with Crippen molar-refractivity contribution < 1.29 is 14.3 Å².